The number of hydrogen-bond acceptors (Lipinski definition) is 3. The average molecular weight is 205 g/mol. The predicted molar refractivity (Wildman–Crippen MR) is 62.7 cm³/mol. The quantitative estimate of drug-likeness (QED) is 0.731. The van der Waals surface area contributed by atoms with Crippen LogP contribution in [0, 0.1) is 5.92 Å². The molecule has 2 atom stereocenters. The minimum atomic E-state index is 0.167. The lowest BCUT2D eigenvalue weighted by atomic mass is 9.70. The molecule has 1 aliphatic rings. The Morgan fingerprint density at radius 1 is 1.53 bits per heavy atom. The highest BCUT2D eigenvalue weighted by Crippen LogP contribution is 2.35. The minimum Gasteiger partial charge on any atom is -0.397 e. The summed E-state index contributed by atoms with van der Waals surface area (Å²) in [5.74, 6) is 0.669. The molecule has 1 aromatic heterocycles. The number of nitrogens with two attached hydrogens (primary N) is 1. The molecular weight excluding hydrogens is 186 g/mol. The maximum absolute atomic E-state index is 5.79. The molecule has 0 aromatic carbocycles. The van der Waals surface area contributed by atoms with Gasteiger partial charge in [-0.2, -0.15) is 0 Å². The van der Waals surface area contributed by atoms with Gasteiger partial charge in [-0.25, -0.2) is 0 Å². The summed E-state index contributed by atoms with van der Waals surface area (Å²) in [4.78, 5) is 4.19. The summed E-state index contributed by atoms with van der Waals surface area (Å²) in [7, 11) is 0. The Labute approximate surface area is 91.1 Å². The monoisotopic (exact) mass is 205 g/mol. The molecular formula is C12H19N3. The highest BCUT2D eigenvalue weighted by molar-refractivity contribution is 5.40. The van der Waals surface area contributed by atoms with Crippen LogP contribution in [0.15, 0.2) is 18.5 Å². The highest BCUT2D eigenvalue weighted by Gasteiger charge is 2.35. The number of anilines is 1. The number of rotatable bonds is 1. The van der Waals surface area contributed by atoms with Crippen LogP contribution in [0.3, 0.4) is 0 Å². The van der Waals surface area contributed by atoms with Crippen molar-refractivity contribution in [2.45, 2.75) is 25.7 Å². The molecule has 0 amide bonds. The van der Waals surface area contributed by atoms with E-state index >= 15 is 0 Å². The van der Waals surface area contributed by atoms with E-state index in [1.54, 1.807) is 6.20 Å². The van der Waals surface area contributed by atoms with Gasteiger partial charge in [0.2, 0.25) is 0 Å². The number of aromatic nitrogens is 1. The van der Waals surface area contributed by atoms with Crippen LogP contribution in [-0.2, 0) is 5.41 Å². The van der Waals surface area contributed by atoms with Crippen LogP contribution in [-0.4, -0.2) is 18.1 Å². The number of nitrogens with zero attached hydrogens (tertiary/aromatic N) is 1. The van der Waals surface area contributed by atoms with Crippen molar-refractivity contribution < 1.29 is 0 Å². The smallest absolute Gasteiger partial charge is 0.0503 e. The van der Waals surface area contributed by atoms with Crippen molar-refractivity contribution in [2.75, 3.05) is 18.8 Å². The fourth-order valence-electron chi connectivity index (χ4n) is 2.32. The Balaban J connectivity index is 2.34. The van der Waals surface area contributed by atoms with Crippen LogP contribution < -0.4 is 11.1 Å². The molecule has 0 bridgehead atoms. The van der Waals surface area contributed by atoms with Crippen LogP contribution in [0.2, 0.25) is 0 Å². The first-order valence-corrected chi connectivity index (χ1v) is 5.54. The number of nitrogen functional groups attached to an aromatic ring is 1. The van der Waals surface area contributed by atoms with Gasteiger partial charge in [0.25, 0.3) is 0 Å². The van der Waals surface area contributed by atoms with Crippen LogP contribution in [0.4, 0.5) is 5.69 Å². The van der Waals surface area contributed by atoms with Crippen molar-refractivity contribution >= 4 is 5.69 Å². The van der Waals surface area contributed by atoms with E-state index in [1.807, 2.05) is 6.20 Å². The molecule has 1 fully saturated rings. The number of hydrogen-bond donors (Lipinski definition) is 2. The summed E-state index contributed by atoms with van der Waals surface area (Å²) < 4.78 is 0. The molecule has 2 heterocycles. The van der Waals surface area contributed by atoms with Crippen molar-refractivity contribution in [1.29, 1.82) is 0 Å². The molecule has 3 heteroatoms. The molecule has 2 rings (SSSR count). The molecule has 2 unspecified atom stereocenters. The van der Waals surface area contributed by atoms with Crippen LogP contribution >= 0.6 is 0 Å². The molecule has 1 aliphatic heterocycles. The van der Waals surface area contributed by atoms with Gasteiger partial charge >= 0.3 is 0 Å². The zero-order valence-corrected chi connectivity index (χ0v) is 9.46. The second-order valence-corrected chi connectivity index (χ2v) is 4.79. The molecule has 0 saturated carbocycles. The maximum atomic E-state index is 5.79. The third-order valence-electron chi connectivity index (χ3n) is 3.75. The van der Waals surface area contributed by atoms with Crippen LogP contribution in [0.5, 0.6) is 0 Å². The molecule has 3 N–H and O–H groups in total. The van der Waals surface area contributed by atoms with Crippen molar-refractivity contribution in [3.8, 4) is 0 Å². The van der Waals surface area contributed by atoms with E-state index in [0.29, 0.717) is 5.92 Å². The van der Waals surface area contributed by atoms with E-state index in [-0.39, 0.29) is 5.41 Å². The third kappa shape index (κ3) is 1.84. The summed E-state index contributed by atoms with van der Waals surface area (Å²) in [6.07, 6.45) is 4.86. The van der Waals surface area contributed by atoms with E-state index in [0.717, 1.165) is 18.8 Å². The van der Waals surface area contributed by atoms with E-state index in [1.165, 1.54) is 12.0 Å². The second kappa shape index (κ2) is 3.81. The van der Waals surface area contributed by atoms with Crippen molar-refractivity contribution in [2.24, 2.45) is 5.92 Å². The summed E-state index contributed by atoms with van der Waals surface area (Å²) in [5.41, 5.74) is 7.96. The Hall–Kier alpha value is -1.09. The van der Waals surface area contributed by atoms with Crippen molar-refractivity contribution in [3.63, 3.8) is 0 Å². The van der Waals surface area contributed by atoms with Gasteiger partial charge in [-0.05, 0) is 30.5 Å². The summed E-state index contributed by atoms with van der Waals surface area (Å²) >= 11 is 0. The first kappa shape index (κ1) is 10.4. The van der Waals surface area contributed by atoms with Gasteiger partial charge < -0.3 is 11.1 Å². The highest BCUT2D eigenvalue weighted by atomic mass is 14.9. The van der Waals surface area contributed by atoms with E-state index in [9.17, 15) is 0 Å². The van der Waals surface area contributed by atoms with Crippen molar-refractivity contribution in [1.82, 2.24) is 10.3 Å². The lowest BCUT2D eigenvalue weighted by Crippen LogP contribution is -2.46. The molecule has 82 valence electrons. The zero-order chi connectivity index (χ0) is 10.9. The maximum Gasteiger partial charge on any atom is 0.0503 e. The average Bonchev–Trinajstić information content (AvgIpc) is 2.23. The Kier molecular flexibility index (Phi) is 2.65. The fourth-order valence-corrected chi connectivity index (χ4v) is 2.32. The predicted octanol–water partition coefficient (Wildman–Crippen LogP) is 1.55. The Morgan fingerprint density at radius 3 is 3.00 bits per heavy atom. The minimum absolute atomic E-state index is 0.167. The molecule has 0 spiro atoms. The zero-order valence-electron chi connectivity index (χ0n) is 9.46. The van der Waals surface area contributed by atoms with Gasteiger partial charge in [0.15, 0.2) is 0 Å². The molecule has 3 nitrogen and oxygen atoms in total. The van der Waals surface area contributed by atoms with Gasteiger partial charge in [0.1, 0.15) is 0 Å². The SMILES string of the molecule is CC1CCNCC1(C)c1cncc(N)c1. The van der Waals surface area contributed by atoms with Crippen LogP contribution in [0.1, 0.15) is 25.8 Å². The second-order valence-electron chi connectivity index (χ2n) is 4.79. The van der Waals surface area contributed by atoms with Gasteiger partial charge in [-0.3, -0.25) is 4.98 Å². The van der Waals surface area contributed by atoms with E-state index in [2.05, 4.69) is 30.2 Å². The molecule has 0 aliphatic carbocycles. The molecule has 1 aromatic rings. The molecule has 15 heavy (non-hydrogen) atoms. The van der Waals surface area contributed by atoms with Crippen LogP contribution in [0.25, 0.3) is 0 Å². The standard InChI is InChI=1S/C12H19N3/c1-9-3-4-14-8-12(9,2)10-5-11(13)7-15-6-10/h5-7,9,14H,3-4,8,13H2,1-2H3. The Morgan fingerprint density at radius 2 is 2.33 bits per heavy atom. The van der Waals surface area contributed by atoms with Gasteiger partial charge in [-0.15, -0.1) is 0 Å². The normalized spacial score (nSPS) is 31.5. The third-order valence-corrected chi connectivity index (χ3v) is 3.75. The lowest BCUT2D eigenvalue weighted by Gasteiger charge is -2.40. The van der Waals surface area contributed by atoms with Gasteiger partial charge in [-0.1, -0.05) is 13.8 Å². The van der Waals surface area contributed by atoms with E-state index < -0.39 is 0 Å². The van der Waals surface area contributed by atoms with Gasteiger partial charge in [0, 0.05) is 24.4 Å². The summed E-state index contributed by atoms with van der Waals surface area (Å²) in [6, 6.07) is 2.05. The first-order valence-electron chi connectivity index (χ1n) is 5.54. The first-order chi connectivity index (χ1) is 7.13. The summed E-state index contributed by atoms with van der Waals surface area (Å²) in [6.45, 7) is 6.73. The van der Waals surface area contributed by atoms with E-state index in [4.69, 9.17) is 5.73 Å². The lowest BCUT2D eigenvalue weighted by molar-refractivity contribution is 0.239. The van der Waals surface area contributed by atoms with Crippen molar-refractivity contribution in [3.05, 3.63) is 24.0 Å². The number of piperidine rings is 1. The molecule has 0 radical (unpaired) electrons. The fraction of sp³-hybridized carbons (Fsp3) is 0.583. The van der Waals surface area contributed by atoms with Gasteiger partial charge in [0.05, 0.1) is 5.69 Å². The summed E-state index contributed by atoms with van der Waals surface area (Å²) in [5, 5.41) is 3.46. The number of nitrogens with one attached hydrogen (secondary N) is 1. The topological polar surface area (TPSA) is 50.9 Å². The number of pyridine rings is 1. The largest absolute Gasteiger partial charge is 0.397 e. The Bertz CT molecular complexity index is 350. The molecule has 1 saturated heterocycles.